The number of rotatable bonds is 2. The second-order valence-electron chi connectivity index (χ2n) is 2.59. The number of benzene rings is 1. The molecule has 0 saturated heterocycles. The topological polar surface area (TPSA) is 74.6 Å². The molecule has 0 aliphatic heterocycles. The quantitative estimate of drug-likeness (QED) is 0.765. The fourth-order valence-electron chi connectivity index (χ4n) is 0.896. The van der Waals surface area contributed by atoms with Crippen molar-refractivity contribution in [1.82, 2.24) is 0 Å². The summed E-state index contributed by atoms with van der Waals surface area (Å²) in [7, 11) is 1.04. The number of hydrogen-bond donors (Lipinski definition) is 2. The lowest BCUT2D eigenvalue weighted by molar-refractivity contribution is 0.386. The first-order valence-electron chi connectivity index (χ1n) is 3.43. The first-order chi connectivity index (χ1) is 6.31. The summed E-state index contributed by atoms with van der Waals surface area (Å²) in [5.41, 5.74) is -0.199. The molecule has 1 rings (SSSR count). The Morgan fingerprint density at radius 1 is 1.36 bits per heavy atom. The molecular formula is C7H6ClFO4S. The molecule has 0 fully saturated rings. The molecule has 0 amide bonds. The van der Waals surface area contributed by atoms with E-state index in [1.165, 1.54) is 0 Å². The Labute approximate surface area is 84.0 Å². The van der Waals surface area contributed by atoms with E-state index in [0.29, 0.717) is 0 Å². The van der Waals surface area contributed by atoms with Gasteiger partial charge in [-0.25, -0.2) is 8.42 Å². The number of phenolic OH excluding ortho intramolecular Hbond substituents is 2. The van der Waals surface area contributed by atoms with Gasteiger partial charge in [-0.2, -0.15) is 4.39 Å². The van der Waals surface area contributed by atoms with E-state index in [-0.39, 0.29) is 5.56 Å². The van der Waals surface area contributed by atoms with Crippen LogP contribution in [0.1, 0.15) is 5.56 Å². The van der Waals surface area contributed by atoms with Crippen LogP contribution in [0.5, 0.6) is 11.5 Å². The van der Waals surface area contributed by atoms with Gasteiger partial charge in [0.05, 0.1) is 5.75 Å². The summed E-state index contributed by atoms with van der Waals surface area (Å²) in [6, 6.07) is 2.01. The van der Waals surface area contributed by atoms with Crippen molar-refractivity contribution < 1.29 is 23.0 Å². The van der Waals surface area contributed by atoms with E-state index < -0.39 is 32.1 Å². The van der Waals surface area contributed by atoms with E-state index in [0.717, 1.165) is 12.1 Å². The molecule has 78 valence electrons. The van der Waals surface area contributed by atoms with Gasteiger partial charge in [-0.15, -0.1) is 0 Å². The highest BCUT2D eigenvalue weighted by Gasteiger charge is 2.16. The molecule has 0 aromatic heterocycles. The molecule has 0 heterocycles. The van der Waals surface area contributed by atoms with E-state index >= 15 is 0 Å². The van der Waals surface area contributed by atoms with E-state index in [2.05, 4.69) is 0 Å². The number of halogens is 2. The van der Waals surface area contributed by atoms with Gasteiger partial charge in [0.1, 0.15) is 0 Å². The smallest absolute Gasteiger partial charge is 0.236 e. The number of phenols is 2. The van der Waals surface area contributed by atoms with Crippen LogP contribution >= 0.6 is 10.7 Å². The van der Waals surface area contributed by atoms with Crippen molar-refractivity contribution in [3.8, 4) is 11.5 Å². The summed E-state index contributed by atoms with van der Waals surface area (Å²) < 4.78 is 34.1. The van der Waals surface area contributed by atoms with Gasteiger partial charge in [-0.1, -0.05) is 6.07 Å². The van der Waals surface area contributed by atoms with Gasteiger partial charge in [0.2, 0.25) is 14.9 Å². The zero-order valence-electron chi connectivity index (χ0n) is 6.74. The largest absolute Gasteiger partial charge is 0.505 e. The molecule has 0 spiro atoms. The van der Waals surface area contributed by atoms with Gasteiger partial charge in [0.25, 0.3) is 0 Å². The van der Waals surface area contributed by atoms with Crippen molar-refractivity contribution in [3.63, 3.8) is 0 Å². The Kier molecular flexibility index (Phi) is 2.86. The standard InChI is InChI=1S/C7H6ClFO4S/c8-14(12,13)3-4-1-2-5(10)6(9)7(4)11/h1-2,10-11H,3H2. The molecule has 1 aromatic rings. The Morgan fingerprint density at radius 2 is 1.93 bits per heavy atom. The van der Waals surface area contributed by atoms with Gasteiger partial charge < -0.3 is 10.2 Å². The van der Waals surface area contributed by atoms with Crippen LogP contribution in [0, 0.1) is 5.82 Å². The molecule has 0 aliphatic rings. The minimum absolute atomic E-state index is 0.199. The molecule has 1 aromatic carbocycles. The average molecular weight is 241 g/mol. The van der Waals surface area contributed by atoms with Crippen molar-refractivity contribution in [1.29, 1.82) is 0 Å². The minimum atomic E-state index is -3.87. The molecule has 14 heavy (non-hydrogen) atoms. The van der Waals surface area contributed by atoms with Crippen molar-refractivity contribution in [3.05, 3.63) is 23.5 Å². The maximum Gasteiger partial charge on any atom is 0.236 e. The fourth-order valence-corrected chi connectivity index (χ4v) is 1.85. The Balaban J connectivity index is 3.19. The summed E-state index contributed by atoms with van der Waals surface area (Å²) in [6.07, 6.45) is 0. The van der Waals surface area contributed by atoms with Crippen LogP contribution in [-0.2, 0) is 14.8 Å². The minimum Gasteiger partial charge on any atom is -0.505 e. The SMILES string of the molecule is O=S(=O)(Cl)Cc1ccc(O)c(F)c1O. The molecule has 2 N–H and O–H groups in total. The lowest BCUT2D eigenvalue weighted by Gasteiger charge is -2.04. The molecule has 7 heteroatoms. The Bertz CT molecular complexity index is 457. The van der Waals surface area contributed by atoms with Crippen molar-refractivity contribution in [2.45, 2.75) is 5.75 Å². The second kappa shape index (κ2) is 3.62. The van der Waals surface area contributed by atoms with Crippen LogP contribution < -0.4 is 0 Å². The van der Waals surface area contributed by atoms with Crippen LogP contribution in [0.4, 0.5) is 4.39 Å². The van der Waals surface area contributed by atoms with Crippen LogP contribution in [0.2, 0.25) is 0 Å². The molecule has 4 nitrogen and oxygen atoms in total. The third kappa shape index (κ3) is 2.49. The first-order valence-corrected chi connectivity index (χ1v) is 5.91. The normalized spacial score (nSPS) is 11.6. The molecule has 0 bridgehead atoms. The fraction of sp³-hybridized carbons (Fsp3) is 0.143. The second-order valence-corrected chi connectivity index (χ2v) is 5.37. The van der Waals surface area contributed by atoms with E-state index in [4.69, 9.17) is 20.9 Å². The van der Waals surface area contributed by atoms with Gasteiger partial charge in [0, 0.05) is 16.2 Å². The van der Waals surface area contributed by atoms with E-state index in [1.807, 2.05) is 0 Å². The van der Waals surface area contributed by atoms with Gasteiger partial charge in [-0.3, -0.25) is 0 Å². The zero-order chi connectivity index (χ0) is 10.9. The third-order valence-corrected chi connectivity index (χ3v) is 2.49. The molecule has 0 saturated carbocycles. The molecule has 0 radical (unpaired) electrons. The Hall–Kier alpha value is -1.01. The van der Waals surface area contributed by atoms with Crippen LogP contribution in [0.25, 0.3) is 0 Å². The summed E-state index contributed by atoms with van der Waals surface area (Å²) in [5, 5.41) is 17.9. The average Bonchev–Trinajstić information content (AvgIpc) is 2.04. The summed E-state index contributed by atoms with van der Waals surface area (Å²) >= 11 is 0. The monoisotopic (exact) mass is 240 g/mol. The molecular weight excluding hydrogens is 235 g/mol. The third-order valence-electron chi connectivity index (χ3n) is 1.51. The van der Waals surface area contributed by atoms with Crippen LogP contribution in [-0.4, -0.2) is 18.6 Å². The summed E-state index contributed by atoms with van der Waals surface area (Å²) in [5.74, 6) is -3.62. The predicted molar refractivity (Wildman–Crippen MR) is 48.2 cm³/mol. The highest BCUT2D eigenvalue weighted by Crippen LogP contribution is 2.30. The lowest BCUT2D eigenvalue weighted by Crippen LogP contribution is -1.96. The molecule has 0 unspecified atom stereocenters. The first kappa shape index (κ1) is 11.1. The van der Waals surface area contributed by atoms with Gasteiger partial charge in [-0.05, 0) is 6.07 Å². The summed E-state index contributed by atoms with van der Waals surface area (Å²) in [6.45, 7) is 0. The Morgan fingerprint density at radius 3 is 2.43 bits per heavy atom. The highest BCUT2D eigenvalue weighted by atomic mass is 35.7. The van der Waals surface area contributed by atoms with Crippen molar-refractivity contribution in [2.24, 2.45) is 0 Å². The molecule has 0 atom stereocenters. The van der Waals surface area contributed by atoms with Gasteiger partial charge >= 0.3 is 0 Å². The molecule has 0 aliphatic carbocycles. The number of hydrogen-bond acceptors (Lipinski definition) is 4. The van der Waals surface area contributed by atoms with E-state index in [1.54, 1.807) is 0 Å². The maximum atomic E-state index is 12.8. The van der Waals surface area contributed by atoms with E-state index in [9.17, 15) is 12.8 Å². The van der Waals surface area contributed by atoms with Crippen molar-refractivity contribution >= 4 is 19.7 Å². The number of aromatic hydroxyl groups is 2. The predicted octanol–water partition coefficient (Wildman–Crippen LogP) is 1.31. The van der Waals surface area contributed by atoms with Crippen LogP contribution in [0.15, 0.2) is 12.1 Å². The maximum absolute atomic E-state index is 12.8. The van der Waals surface area contributed by atoms with Crippen molar-refractivity contribution in [2.75, 3.05) is 0 Å². The van der Waals surface area contributed by atoms with Crippen LogP contribution in [0.3, 0.4) is 0 Å². The highest BCUT2D eigenvalue weighted by molar-refractivity contribution is 8.13. The summed E-state index contributed by atoms with van der Waals surface area (Å²) in [4.78, 5) is 0. The zero-order valence-corrected chi connectivity index (χ0v) is 8.31. The lowest BCUT2D eigenvalue weighted by atomic mass is 10.2. The van der Waals surface area contributed by atoms with Gasteiger partial charge in [0.15, 0.2) is 11.5 Å².